The minimum absolute atomic E-state index is 0.130. The molecule has 0 radical (unpaired) electrons. The Hall–Kier alpha value is -1.51. The highest BCUT2D eigenvalue weighted by molar-refractivity contribution is 8.01. The second kappa shape index (κ2) is 7.48. The first-order chi connectivity index (χ1) is 12.9. The molecule has 5 rings (SSSR count). The molecule has 2 bridgehead atoms. The lowest BCUT2D eigenvalue weighted by Gasteiger charge is -2.44. The van der Waals surface area contributed by atoms with Crippen molar-refractivity contribution in [1.82, 2.24) is 10.2 Å². The maximum Gasteiger partial charge on any atom is 0.417 e. The zero-order chi connectivity index (χ0) is 19.0. The molecular weight excluding hydrogens is 393 g/mol. The van der Waals surface area contributed by atoms with E-state index in [9.17, 15) is 18.0 Å². The Kier molecular flexibility index (Phi) is 5.22. The molecule has 1 aromatic carbocycles. The number of carbonyl (C=O) groups is 1. The predicted molar refractivity (Wildman–Crippen MR) is 100 cm³/mol. The number of rotatable bonds is 4. The van der Waals surface area contributed by atoms with Gasteiger partial charge in [0.15, 0.2) is 0 Å². The van der Waals surface area contributed by atoms with E-state index in [1.54, 1.807) is 18.2 Å². The van der Waals surface area contributed by atoms with E-state index in [0.717, 1.165) is 50.3 Å². The van der Waals surface area contributed by atoms with Crippen LogP contribution in [0.1, 0.15) is 28.1 Å². The van der Waals surface area contributed by atoms with E-state index in [1.807, 2.05) is 0 Å². The van der Waals surface area contributed by atoms with Crippen molar-refractivity contribution in [2.45, 2.75) is 34.2 Å². The Morgan fingerprint density at radius 3 is 2.56 bits per heavy atom. The number of fused-ring (bicyclic) bond motifs is 3. The topological polar surface area (TPSA) is 32.3 Å². The molecule has 3 nitrogen and oxygen atoms in total. The highest BCUT2D eigenvalue weighted by atomic mass is 32.2. The van der Waals surface area contributed by atoms with Gasteiger partial charge in [-0.05, 0) is 56.1 Å². The second-order valence-corrected chi connectivity index (χ2v) is 9.36. The number of benzene rings is 1. The quantitative estimate of drug-likeness (QED) is 0.787. The van der Waals surface area contributed by atoms with Crippen LogP contribution in [-0.2, 0) is 6.18 Å². The SMILES string of the molecule is O=C(NC1CN2CCC1CC2)c1ccc(Sc2ccccc2C(F)(F)F)s1. The van der Waals surface area contributed by atoms with Gasteiger partial charge in [0.25, 0.3) is 5.91 Å². The molecule has 8 heteroatoms. The maximum absolute atomic E-state index is 13.1. The lowest BCUT2D eigenvalue weighted by Crippen LogP contribution is -2.57. The summed E-state index contributed by atoms with van der Waals surface area (Å²) >= 11 is 2.28. The maximum atomic E-state index is 13.1. The molecule has 144 valence electrons. The van der Waals surface area contributed by atoms with E-state index in [0.29, 0.717) is 15.0 Å². The molecule has 27 heavy (non-hydrogen) atoms. The fourth-order valence-electron chi connectivity index (χ4n) is 3.76. The van der Waals surface area contributed by atoms with Crippen LogP contribution in [0.25, 0.3) is 0 Å². The average molecular weight is 413 g/mol. The zero-order valence-electron chi connectivity index (χ0n) is 14.5. The molecule has 1 atom stereocenters. The first kappa shape index (κ1) is 18.8. The minimum Gasteiger partial charge on any atom is -0.347 e. The number of piperidine rings is 3. The average Bonchev–Trinajstić information content (AvgIpc) is 3.11. The summed E-state index contributed by atoms with van der Waals surface area (Å²) in [5.41, 5.74) is -0.651. The van der Waals surface area contributed by atoms with Crippen molar-refractivity contribution in [3.63, 3.8) is 0 Å². The Morgan fingerprint density at radius 1 is 1.15 bits per heavy atom. The number of amides is 1. The van der Waals surface area contributed by atoms with Crippen molar-refractivity contribution in [1.29, 1.82) is 0 Å². The van der Waals surface area contributed by atoms with Gasteiger partial charge in [-0.15, -0.1) is 11.3 Å². The Morgan fingerprint density at radius 2 is 1.89 bits per heavy atom. The van der Waals surface area contributed by atoms with E-state index in [1.165, 1.54) is 23.5 Å². The van der Waals surface area contributed by atoms with Crippen LogP contribution in [0.2, 0.25) is 0 Å². The summed E-state index contributed by atoms with van der Waals surface area (Å²) < 4.78 is 40.1. The lowest BCUT2D eigenvalue weighted by atomic mass is 9.84. The molecule has 1 aromatic heterocycles. The summed E-state index contributed by atoms with van der Waals surface area (Å²) in [6.07, 6.45) is -2.16. The fraction of sp³-hybridized carbons (Fsp3) is 0.421. The van der Waals surface area contributed by atoms with Gasteiger partial charge in [-0.1, -0.05) is 23.9 Å². The van der Waals surface area contributed by atoms with Crippen molar-refractivity contribution in [3.05, 3.63) is 46.8 Å². The monoisotopic (exact) mass is 412 g/mol. The smallest absolute Gasteiger partial charge is 0.347 e. The van der Waals surface area contributed by atoms with Crippen LogP contribution in [0.5, 0.6) is 0 Å². The molecule has 0 saturated carbocycles. The van der Waals surface area contributed by atoms with Gasteiger partial charge >= 0.3 is 6.18 Å². The molecule has 0 aliphatic carbocycles. The first-order valence-corrected chi connectivity index (χ1v) is 10.5. The molecule has 3 fully saturated rings. The van der Waals surface area contributed by atoms with Gasteiger partial charge in [0.05, 0.1) is 14.6 Å². The highest BCUT2D eigenvalue weighted by Gasteiger charge is 2.35. The van der Waals surface area contributed by atoms with Crippen LogP contribution in [0.3, 0.4) is 0 Å². The van der Waals surface area contributed by atoms with E-state index < -0.39 is 11.7 Å². The van der Waals surface area contributed by atoms with Crippen molar-refractivity contribution < 1.29 is 18.0 Å². The second-order valence-electron chi connectivity index (χ2n) is 6.93. The van der Waals surface area contributed by atoms with Crippen molar-refractivity contribution in [3.8, 4) is 0 Å². The van der Waals surface area contributed by atoms with Crippen LogP contribution in [0.4, 0.5) is 13.2 Å². The van der Waals surface area contributed by atoms with E-state index in [4.69, 9.17) is 0 Å². The van der Waals surface area contributed by atoms with Crippen molar-refractivity contribution >= 4 is 29.0 Å². The van der Waals surface area contributed by atoms with Crippen LogP contribution in [0, 0.1) is 5.92 Å². The van der Waals surface area contributed by atoms with Gasteiger partial charge in [-0.2, -0.15) is 13.2 Å². The van der Waals surface area contributed by atoms with Gasteiger partial charge < -0.3 is 10.2 Å². The lowest BCUT2D eigenvalue weighted by molar-refractivity contribution is -0.139. The zero-order valence-corrected chi connectivity index (χ0v) is 16.1. The Bertz CT molecular complexity index is 828. The third-order valence-corrected chi connectivity index (χ3v) is 7.47. The molecule has 0 spiro atoms. The van der Waals surface area contributed by atoms with Crippen molar-refractivity contribution in [2.24, 2.45) is 5.92 Å². The largest absolute Gasteiger partial charge is 0.417 e. The molecular formula is C19H19F3N2OS2. The number of halogens is 3. The molecule has 1 N–H and O–H groups in total. The number of carbonyl (C=O) groups excluding carboxylic acids is 1. The predicted octanol–water partition coefficient (Wildman–Crippen LogP) is 4.74. The molecule has 3 aliphatic heterocycles. The highest BCUT2D eigenvalue weighted by Crippen LogP contribution is 2.41. The summed E-state index contributed by atoms with van der Waals surface area (Å²) in [6.45, 7) is 3.10. The van der Waals surface area contributed by atoms with Gasteiger partial charge in [0, 0.05) is 17.5 Å². The Labute approximate surface area is 163 Å². The van der Waals surface area contributed by atoms with Crippen LogP contribution < -0.4 is 5.32 Å². The fourth-order valence-corrected chi connectivity index (χ4v) is 5.90. The summed E-state index contributed by atoms with van der Waals surface area (Å²) in [4.78, 5) is 15.6. The number of hydrogen-bond acceptors (Lipinski definition) is 4. The normalized spacial score (nSPS) is 24.8. The molecule has 3 aliphatic rings. The summed E-state index contributed by atoms with van der Waals surface area (Å²) in [6, 6.07) is 9.09. The van der Waals surface area contributed by atoms with Crippen LogP contribution in [0.15, 0.2) is 45.5 Å². The number of nitrogens with one attached hydrogen (secondary N) is 1. The Balaban J connectivity index is 1.44. The molecule has 3 saturated heterocycles. The van der Waals surface area contributed by atoms with E-state index in [-0.39, 0.29) is 16.8 Å². The van der Waals surface area contributed by atoms with Gasteiger partial charge in [0.2, 0.25) is 0 Å². The number of thiophene rings is 1. The van der Waals surface area contributed by atoms with E-state index in [2.05, 4.69) is 10.2 Å². The van der Waals surface area contributed by atoms with Crippen molar-refractivity contribution in [2.75, 3.05) is 19.6 Å². The summed E-state index contributed by atoms with van der Waals surface area (Å²) in [7, 11) is 0. The number of alkyl halides is 3. The number of hydrogen-bond donors (Lipinski definition) is 1. The molecule has 1 unspecified atom stereocenters. The third-order valence-electron chi connectivity index (χ3n) is 5.18. The van der Waals surface area contributed by atoms with Gasteiger partial charge in [-0.25, -0.2) is 0 Å². The molecule has 2 aromatic rings. The molecule has 1 amide bonds. The van der Waals surface area contributed by atoms with Crippen LogP contribution >= 0.6 is 23.1 Å². The van der Waals surface area contributed by atoms with Gasteiger partial charge in [0.1, 0.15) is 0 Å². The molecule has 4 heterocycles. The van der Waals surface area contributed by atoms with Crippen LogP contribution in [-0.4, -0.2) is 36.5 Å². The summed E-state index contributed by atoms with van der Waals surface area (Å²) in [5.74, 6) is 0.404. The third kappa shape index (κ3) is 4.17. The summed E-state index contributed by atoms with van der Waals surface area (Å²) in [5, 5.41) is 3.12. The van der Waals surface area contributed by atoms with Gasteiger partial charge in [-0.3, -0.25) is 4.79 Å². The number of nitrogens with zero attached hydrogens (tertiary/aromatic N) is 1. The standard InChI is InChI=1S/C19H19F3N2OS2/c20-19(21,22)13-3-1-2-4-15(13)26-17-6-5-16(27-17)18(25)23-14-11-24-9-7-12(14)8-10-24/h1-6,12,14H,7-11H2,(H,23,25). The minimum atomic E-state index is -4.39. The first-order valence-electron chi connectivity index (χ1n) is 8.87. The van der Waals surface area contributed by atoms with E-state index >= 15 is 0 Å².